The first-order valence-electron chi connectivity index (χ1n) is 11.2. The Bertz CT molecular complexity index is 436. The van der Waals surface area contributed by atoms with Gasteiger partial charge in [-0.2, -0.15) is 11.8 Å². The molecule has 0 atom stereocenters. The average Bonchev–Trinajstić information content (AvgIpc) is 2.65. The van der Waals surface area contributed by atoms with E-state index in [2.05, 4.69) is 12.7 Å². The van der Waals surface area contributed by atoms with Gasteiger partial charge in [-0.25, -0.2) is 4.57 Å². The second kappa shape index (κ2) is 24.2. The summed E-state index contributed by atoms with van der Waals surface area (Å²) in [6.07, 6.45) is 21.8. The van der Waals surface area contributed by atoms with Crippen LogP contribution in [0.3, 0.4) is 0 Å². The van der Waals surface area contributed by atoms with Crippen molar-refractivity contribution in [2.24, 2.45) is 0 Å². The van der Waals surface area contributed by atoms with E-state index in [4.69, 9.17) is 24.4 Å². The van der Waals surface area contributed by atoms with Crippen LogP contribution in [0.15, 0.2) is 17.4 Å². The Morgan fingerprint density at radius 3 is 1.55 bits per heavy atom. The van der Waals surface area contributed by atoms with Gasteiger partial charge in [-0.1, -0.05) is 90.4 Å². The molecule has 0 heterocycles. The molecule has 0 amide bonds. The predicted octanol–water partition coefficient (Wildman–Crippen LogP) is 6.37. The molecular formula is C22H45O5PS. The minimum atomic E-state index is -4.64. The number of aliphatic hydroxyl groups is 1. The van der Waals surface area contributed by atoms with Crippen LogP contribution in [0.4, 0.5) is 0 Å². The highest BCUT2D eigenvalue weighted by molar-refractivity contribution is 7.99. The van der Waals surface area contributed by atoms with Gasteiger partial charge in [0.1, 0.15) is 0 Å². The van der Waals surface area contributed by atoms with Crippen LogP contribution < -0.4 is 0 Å². The summed E-state index contributed by atoms with van der Waals surface area (Å²) in [4.78, 5) is 21.6. The number of thioether (sulfide) groups is 1. The molecule has 0 spiro atoms. The second-order valence-corrected chi connectivity index (χ2v) is 9.49. The number of unbranched alkanes of at least 4 members (excludes halogenated alkanes) is 13. The minimum absolute atomic E-state index is 0.149. The van der Waals surface area contributed by atoms with Gasteiger partial charge in [0.25, 0.3) is 0 Å². The first-order valence-corrected chi connectivity index (χ1v) is 13.9. The van der Waals surface area contributed by atoms with Crippen molar-refractivity contribution in [2.75, 3.05) is 18.1 Å². The van der Waals surface area contributed by atoms with Gasteiger partial charge < -0.3 is 19.8 Å². The maximum absolute atomic E-state index is 9.15. The third-order valence-electron chi connectivity index (χ3n) is 4.46. The maximum atomic E-state index is 9.15. The molecular weight excluding hydrogens is 407 g/mol. The smallest absolute Gasteiger partial charge is 0.391 e. The van der Waals surface area contributed by atoms with E-state index < -0.39 is 7.82 Å². The summed E-state index contributed by atoms with van der Waals surface area (Å²) in [5, 5.41) is 9.15. The highest BCUT2D eigenvalue weighted by Gasteiger charge is 2.00. The van der Waals surface area contributed by atoms with E-state index in [0.29, 0.717) is 0 Å². The van der Waals surface area contributed by atoms with Gasteiger partial charge in [0.15, 0.2) is 0 Å². The van der Waals surface area contributed by atoms with Crippen LogP contribution in [0.5, 0.6) is 0 Å². The first-order chi connectivity index (χ1) is 13.8. The molecule has 0 aliphatic carbocycles. The van der Waals surface area contributed by atoms with Crippen molar-refractivity contribution in [3.63, 3.8) is 0 Å². The Hall–Kier alpha value is -0.0600. The van der Waals surface area contributed by atoms with Crippen molar-refractivity contribution in [2.45, 2.75) is 104 Å². The summed E-state index contributed by atoms with van der Waals surface area (Å²) < 4.78 is 8.88. The van der Waals surface area contributed by atoms with Crippen LogP contribution in [-0.4, -0.2) is 37.9 Å². The monoisotopic (exact) mass is 452 g/mol. The van der Waals surface area contributed by atoms with Gasteiger partial charge in [0.05, 0.1) is 6.61 Å². The van der Waals surface area contributed by atoms with Crippen molar-refractivity contribution in [1.82, 2.24) is 0 Å². The van der Waals surface area contributed by atoms with Crippen molar-refractivity contribution in [1.29, 1.82) is 0 Å². The number of hydrogen-bond donors (Lipinski definition) is 4. The van der Waals surface area contributed by atoms with Crippen LogP contribution in [-0.2, 0) is 4.57 Å². The van der Waals surface area contributed by atoms with Crippen LogP contribution in [0.2, 0.25) is 0 Å². The number of hydrogen-bond acceptors (Lipinski definition) is 3. The molecule has 0 unspecified atom stereocenters. The third kappa shape index (κ3) is 35.7. The van der Waals surface area contributed by atoms with Crippen molar-refractivity contribution in [3.05, 3.63) is 17.4 Å². The van der Waals surface area contributed by atoms with Crippen LogP contribution >= 0.6 is 19.6 Å². The fourth-order valence-corrected chi connectivity index (χ4v) is 3.90. The summed E-state index contributed by atoms with van der Waals surface area (Å²) >= 11 is 1.93. The zero-order valence-corrected chi connectivity index (χ0v) is 20.4. The SMILES string of the molecule is CC=C=C(CO)CSCCCCCCCCCCCCCCCC.O=P(O)(O)O. The summed E-state index contributed by atoms with van der Waals surface area (Å²) in [6.45, 7) is 4.39. The number of phosphoric acid groups is 1. The molecule has 0 aliphatic rings. The van der Waals surface area contributed by atoms with E-state index >= 15 is 0 Å². The zero-order chi connectivity index (χ0) is 22.2. The van der Waals surface area contributed by atoms with E-state index in [1.165, 1.54) is 95.6 Å². The Labute approximate surface area is 183 Å². The Morgan fingerprint density at radius 2 is 1.21 bits per heavy atom. The average molecular weight is 453 g/mol. The highest BCUT2D eigenvalue weighted by Crippen LogP contribution is 2.25. The van der Waals surface area contributed by atoms with Crippen molar-refractivity contribution < 1.29 is 24.4 Å². The number of rotatable bonds is 18. The van der Waals surface area contributed by atoms with Gasteiger partial charge in [-0.15, -0.1) is 5.73 Å². The van der Waals surface area contributed by atoms with Crippen molar-refractivity contribution >= 4 is 19.6 Å². The van der Waals surface area contributed by atoms with Gasteiger partial charge in [0.2, 0.25) is 0 Å². The first kappa shape index (κ1) is 31.1. The summed E-state index contributed by atoms with van der Waals surface area (Å²) in [5.74, 6) is 2.15. The molecule has 0 aliphatic heterocycles. The molecule has 0 aromatic rings. The lowest BCUT2D eigenvalue weighted by molar-refractivity contribution is 0.275. The van der Waals surface area contributed by atoms with Crippen LogP contribution in [0, 0.1) is 0 Å². The molecule has 0 rings (SSSR count). The number of aliphatic hydroxyl groups excluding tert-OH is 1. The van der Waals surface area contributed by atoms with Crippen molar-refractivity contribution in [3.8, 4) is 0 Å². The standard InChI is InChI=1S/C22H42OS.H3O4P/c1-3-5-6-7-8-9-10-11-12-13-14-15-16-17-19-24-21-22(20-23)18-4-2;1-5(2,3)4/h4,23H,3,5-17,19-21H2,1-2H3;(H3,1,2,3,4). The van der Waals surface area contributed by atoms with E-state index in [1.54, 1.807) is 0 Å². The highest BCUT2D eigenvalue weighted by atomic mass is 32.2. The molecule has 0 aromatic carbocycles. The molecule has 0 fully saturated rings. The summed E-state index contributed by atoms with van der Waals surface area (Å²) in [7, 11) is -4.64. The minimum Gasteiger partial charge on any atom is -0.391 e. The fraction of sp³-hybridized carbons (Fsp3) is 0.864. The van der Waals surface area contributed by atoms with E-state index in [0.717, 1.165) is 11.3 Å². The summed E-state index contributed by atoms with van der Waals surface area (Å²) in [5.41, 5.74) is 4.13. The molecule has 174 valence electrons. The Balaban J connectivity index is 0. The lowest BCUT2D eigenvalue weighted by atomic mass is 10.0. The molecule has 0 radical (unpaired) electrons. The largest absolute Gasteiger partial charge is 0.466 e. The third-order valence-corrected chi connectivity index (χ3v) is 5.59. The topological polar surface area (TPSA) is 98.0 Å². The molecule has 0 bridgehead atoms. The zero-order valence-electron chi connectivity index (χ0n) is 18.7. The normalized spacial score (nSPS) is 10.8. The van der Waals surface area contributed by atoms with E-state index in [-0.39, 0.29) is 6.61 Å². The molecule has 7 heteroatoms. The maximum Gasteiger partial charge on any atom is 0.466 e. The molecule has 0 saturated heterocycles. The lowest BCUT2D eigenvalue weighted by Crippen LogP contribution is -1.93. The van der Waals surface area contributed by atoms with Crippen LogP contribution in [0.25, 0.3) is 0 Å². The predicted molar refractivity (Wildman–Crippen MR) is 126 cm³/mol. The fourth-order valence-electron chi connectivity index (χ4n) is 2.93. The van der Waals surface area contributed by atoms with Gasteiger partial charge >= 0.3 is 7.82 Å². The Morgan fingerprint density at radius 1 is 0.828 bits per heavy atom. The molecule has 0 aromatic heterocycles. The molecule has 4 N–H and O–H groups in total. The van der Waals surface area contributed by atoms with Gasteiger partial charge in [-0.05, 0) is 25.2 Å². The Kier molecular flexibility index (Phi) is 26.0. The van der Waals surface area contributed by atoms with E-state index in [9.17, 15) is 0 Å². The lowest BCUT2D eigenvalue weighted by Gasteiger charge is -2.04. The quantitative estimate of drug-likeness (QED) is 0.110. The second-order valence-electron chi connectivity index (χ2n) is 7.36. The van der Waals surface area contributed by atoms with Gasteiger partial charge in [-0.3, -0.25) is 0 Å². The van der Waals surface area contributed by atoms with Gasteiger partial charge in [0, 0.05) is 11.3 Å². The summed E-state index contributed by atoms with van der Waals surface area (Å²) in [6, 6.07) is 0. The van der Waals surface area contributed by atoms with E-state index in [1.807, 2.05) is 24.8 Å². The molecule has 0 saturated carbocycles. The molecule has 29 heavy (non-hydrogen) atoms. The van der Waals surface area contributed by atoms with Crippen LogP contribution in [0.1, 0.15) is 104 Å². The molecule has 5 nitrogen and oxygen atoms in total.